The zero-order valence-electron chi connectivity index (χ0n) is 27.8. The Kier molecular flexibility index (Phi) is 8.51. The van der Waals surface area contributed by atoms with E-state index in [4.69, 9.17) is 4.74 Å². The predicted octanol–water partition coefficient (Wildman–Crippen LogP) is 5.34. The van der Waals surface area contributed by atoms with Crippen LogP contribution in [0.4, 0.5) is 5.69 Å². The predicted molar refractivity (Wildman–Crippen MR) is 190 cm³/mol. The number of anilines is 1. The second-order valence-corrected chi connectivity index (χ2v) is 15.9. The van der Waals surface area contributed by atoms with Crippen LogP contribution in [0.2, 0.25) is 0 Å². The first-order chi connectivity index (χ1) is 23.4. The van der Waals surface area contributed by atoms with E-state index in [9.17, 15) is 14.4 Å². The lowest BCUT2D eigenvalue weighted by Gasteiger charge is -2.56. The molecule has 2 saturated heterocycles. The molecule has 1 N–H and O–H groups in total. The normalized spacial score (nSPS) is 28.5. The van der Waals surface area contributed by atoms with E-state index in [0.29, 0.717) is 62.0 Å². The van der Waals surface area contributed by atoms with Crippen molar-refractivity contribution in [3.05, 3.63) is 72.3 Å². The molecule has 9 rings (SSSR count). The van der Waals surface area contributed by atoms with Crippen LogP contribution in [0.25, 0.3) is 10.8 Å². The van der Waals surface area contributed by atoms with Crippen molar-refractivity contribution < 1.29 is 19.1 Å². The molecule has 3 aromatic carbocycles. The average Bonchev–Trinajstić information content (AvgIpc) is 3.60. The number of nitrogens with one attached hydrogen (secondary N) is 1. The molecular weight excluding hydrogens is 621 g/mol. The highest BCUT2D eigenvalue weighted by atomic mass is 32.2. The van der Waals surface area contributed by atoms with E-state index in [2.05, 4.69) is 46.6 Å². The van der Waals surface area contributed by atoms with E-state index >= 15 is 0 Å². The Morgan fingerprint density at radius 3 is 2.25 bits per heavy atom. The number of carbonyl (C=O) groups is 3. The summed E-state index contributed by atoms with van der Waals surface area (Å²) in [6, 6.07) is 21.2. The average molecular weight is 667 g/mol. The van der Waals surface area contributed by atoms with Crippen LogP contribution >= 0.6 is 11.8 Å². The van der Waals surface area contributed by atoms with Crippen LogP contribution in [0.3, 0.4) is 0 Å². The molecular formula is C39H46N4O4S. The van der Waals surface area contributed by atoms with Gasteiger partial charge >= 0.3 is 0 Å². The van der Waals surface area contributed by atoms with Crippen molar-refractivity contribution in [3.8, 4) is 5.75 Å². The standard InChI is InChI=1S/C39H46N4O4S/c1-47-35-9-5-4-8-33(35)41-12-14-42(15-13-41)37(45)32(20-26-10-11-30-6-2-3-7-31(30)19-26)40-36(44)34-24-48-25-43(34)38(46)39-21-27-16-28(22-39)18-29(17-27)23-39/h2-11,19,27-29,32,34H,12-18,20-25H2,1H3,(H,40,44). The molecule has 0 radical (unpaired) electrons. The lowest BCUT2D eigenvalue weighted by Crippen LogP contribution is -2.60. The Labute approximate surface area is 287 Å². The number of piperazine rings is 1. The summed E-state index contributed by atoms with van der Waals surface area (Å²) in [6.45, 7) is 2.46. The molecule has 2 unspecified atom stereocenters. The number of fused-ring (bicyclic) bond motifs is 1. The lowest BCUT2D eigenvalue weighted by atomic mass is 9.49. The maximum absolute atomic E-state index is 14.3. The van der Waals surface area contributed by atoms with Crippen LogP contribution in [0, 0.1) is 23.2 Å². The maximum atomic E-state index is 14.3. The second-order valence-electron chi connectivity index (χ2n) is 14.9. The van der Waals surface area contributed by atoms with E-state index < -0.39 is 12.1 Å². The zero-order chi connectivity index (χ0) is 32.8. The fourth-order valence-corrected chi connectivity index (χ4v) is 11.0. The van der Waals surface area contributed by atoms with Gasteiger partial charge in [0.05, 0.1) is 24.1 Å². The van der Waals surface area contributed by atoms with Crippen LogP contribution < -0.4 is 15.0 Å². The first kappa shape index (κ1) is 31.5. The van der Waals surface area contributed by atoms with Crippen LogP contribution in [0.5, 0.6) is 5.75 Å². The summed E-state index contributed by atoms with van der Waals surface area (Å²) in [4.78, 5) is 48.8. The van der Waals surface area contributed by atoms with E-state index in [1.807, 2.05) is 40.1 Å². The maximum Gasteiger partial charge on any atom is 0.245 e. The van der Waals surface area contributed by atoms with E-state index in [-0.39, 0.29) is 23.1 Å². The summed E-state index contributed by atoms with van der Waals surface area (Å²) >= 11 is 1.65. The molecule has 6 aliphatic rings. The molecule has 0 spiro atoms. The molecule has 3 amide bonds. The van der Waals surface area contributed by atoms with Gasteiger partial charge < -0.3 is 24.8 Å². The van der Waals surface area contributed by atoms with Crippen molar-refractivity contribution >= 4 is 45.9 Å². The van der Waals surface area contributed by atoms with Gasteiger partial charge in [-0.2, -0.15) is 0 Å². The Hall–Kier alpha value is -3.72. The van der Waals surface area contributed by atoms with E-state index in [0.717, 1.165) is 47.0 Å². The third-order valence-corrected chi connectivity index (χ3v) is 12.8. The fraction of sp³-hybridized carbons (Fsp3) is 0.513. The van der Waals surface area contributed by atoms with Crippen LogP contribution in [0.1, 0.15) is 44.1 Å². The molecule has 4 saturated carbocycles. The smallest absolute Gasteiger partial charge is 0.245 e. The van der Waals surface area contributed by atoms with Gasteiger partial charge in [0, 0.05) is 38.4 Å². The van der Waals surface area contributed by atoms with Crippen molar-refractivity contribution in [1.29, 1.82) is 0 Å². The van der Waals surface area contributed by atoms with E-state index in [1.54, 1.807) is 18.9 Å². The number of carbonyl (C=O) groups excluding carboxylic acids is 3. The number of benzene rings is 3. The number of amides is 3. The van der Waals surface area contributed by atoms with Crippen LogP contribution in [0.15, 0.2) is 66.7 Å². The van der Waals surface area contributed by atoms with Gasteiger partial charge in [-0.05, 0) is 84.7 Å². The Balaban J connectivity index is 1.00. The van der Waals surface area contributed by atoms with Gasteiger partial charge in [0.1, 0.15) is 17.8 Å². The van der Waals surface area contributed by atoms with Crippen LogP contribution in [-0.2, 0) is 20.8 Å². The summed E-state index contributed by atoms with van der Waals surface area (Å²) in [5, 5.41) is 5.45. The summed E-state index contributed by atoms with van der Waals surface area (Å²) in [6.07, 6.45) is 7.17. The number of methoxy groups -OCH3 is 1. The second kappa shape index (κ2) is 13.0. The van der Waals surface area contributed by atoms with Crippen molar-refractivity contribution in [1.82, 2.24) is 15.1 Å². The summed E-state index contributed by atoms with van der Waals surface area (Å²) < 4.78 is 5.59. The van der Waals surface area contributed by atoms with Gasteiger partial charge in [-0.25, -0.2) is 0 Å². The van der Waals surface area contributed by atoms with Crippen molar-refractivity contribution in [3.63, 3.8) is 0 Å². The van der Waals surface area contributed by atoms with Gasteiger partial charge in [-0.15, -0.1) is 11.8 Å². The molecule has 48 heavy (non-hydrogen) atoms. The van der Waals surface area contributed by atoms with Crippen molar-refractivity contribution in [2.45, 2.75) is 57.0 Å². The van der Waals surface area contributed by atoms with Gasteiger partial charge in [-0.3, -0.25) is 14.4 Å². The minimum absolute atomic E-state index is 0.0687. The Bertz CT molecular complexity index is 1670. The fourth-order valence-electron chi connectivity index (χ4n) is 9.89. The number of rotatable bonds is 8. The van der Waals surface area contributed by atoms with Crippen LogP contribution in [-0.4, -0.2) is 84.5 Å². The first-order valence-electron chi connectivity index (χ1n) is 17.7. The minimum Gasteiger partial charge on any atom is -0.495 e. The molecule has 0 aromatic heterocycles. The molecule has 2 heterocycles. The molecule has 4 aliphatic carbocycles. The number of ether oxygens (including phenoxy) is 1. The van der Waals surface area contributed by atoms with Crippen molar-refractivity contribution in [2.24, 2.45) is 23.2 Å². The highest BCUT2D eigenvalue weighted by Crippen LogP contribution is 2.61. The largest absolute Gasteiger partial charge is 0.495 e. The topological polar surface area (TPSA) is 82.2 Å². The molecule has 2 atom stereocenters. The summed E-state index contributed by atoms with van der Waals surface area (Å²) in [5.74, 6) is 3.84. The van der Waals surface area contributed by atoms with Gasteiger partial charge in [-0.1, -0.05) is 54.6 Å². The molecule has 3 aromatic rings. The lowest BCUT2D eigenvalue weighted by molar-refractivity contribution is -0.160. The summed E-state index contributed by atoms with van der Waals surface area (Å²) in [7, 11) is 1.68. The molecule has 4 bridgehead atoms. The highest BCUT2D eigenvalue weighted by molar-refractivity contribution is 7.99. The minimum atomic E-state index is -0.724. The third-order valence-electron chi connectivity index (χ3n) is 11.8. The third kappa shape index (κ3) is 5.92. The number of thioether (sulfide) groups is 1. The monoisotopic (exact) mass is 666 g/mol. The number of para-hydroxylation sites is 2. The molecule has 252 valence electrons. The Morgan fingerprint density at radius 2 is 1.54 bits per heavy atom. The number of hydrogen-bond donors (Lipinski definition) is 1. The van der Waals surface area contributed by atoms with Gasteiger partial charge in [0.25, 0.3) is 0 Å². The van der Waals surface area contributed by atoms with Gasteiger partial charge in [0.2, 0.25) is 17.7 Å². The number of nitrogens with zero attached hydrogens (tertiary/aromatic N) is 3. The highest BCUT2D eigenvalue weighted by Gasteiger charge is 2.57. The quantitative estimate of drug-likeness (QED) is 0.350. The van der Waals surface area contributed by atoms with Crippen molar-refractivity contribution in [2.75, 3.05) is 49.8 Å². The van der Waals surface area contributed by atoms with Gasteiger partial charge in [0.15, 0.2) is 0 Å². The molecule has 8 nitrogen and oxygen atoms in total. The molecule has 2 aliphatic heterocycles. The first-order valence-corrected chi connectivity index (χ1v) is 18.9. The Morgan fingerprint density at radius 1 is 0.875 bits per heavy atom. The SMILES string of the molecule is COc1ccccc1N1CCN(C(=O)C(Cc2ccc3ccccc3c2)NC(=O)C2CSCN2C(=O)C23CC4CC(CC(C4)C2)C3)CC1. The zero-order valence-corrected chi connectivity index (χ0v) is 28.6. The summed E-state index contributed by atoms with van der Waals surface area (Å²) in [5.41, 5.74) is 1.73. The molecule has 6 fully saturated rings. The van der Waals surface area contributed by atoms with E-state index in [1.165, 1.54) is 19.3 Å². The molecule has 9 heteroatoms. The number of hydrogen-bond acceptors (Lipinski definition) is 6.